The van der Waals surface area contributed by atoms with E-state index in [9.17, 15) is 4.79 Å². The third kappa shape index (κ3) is 3.32. The molecule has 4 fully saturated rings. The van der Waals surface area contributed by atoms with Crippen molar-refractivity contribution in [3.05, 3.63) is 0 Å². The molecule has 0 aromatic carbocycles. The summed E-state index contributed by atoms with van der Waals surface area (Å²) in [5.41, 5.74) is -0.126. The molecule has 4 aliphatic carbocycles. The van der Waals surface area contributed by atoms with Crippen LogP contribution in [0.2, 0.25) is 0 Å². The van der Waals surface area contributed by atoms with E-state index in [1.54, 1.807) is 4.68 Å². The van der Waals surface area contributed by atoms with Crippen molar-refractivity contribution in [2.45, 2.75) is 87.7 Å². The van der Waals surface area contributed by atoms with Crippen LogP contribution in [0.25, 0.3) is 0 Å². The second-order valence-electron chi connectivity index (χ2n) is 9.49. The van der Waals surface area contributed by atoms with Gasteiger partial charge >= 0.3 is 0 Å². The lowest BCUT2D eigenvalue weighted by Gasteiger charge is -2.57. The Bertz CT molecular complexity index is 629. The van der Waals surface area contributed by atoms with E-state index in [-0.39, 0.29) is 22.2 Å². The highest BCUT2D eigenvalue weighted by Gasteiger charge is 2.51. The molecule has 1 aromatic heterocycles. The third-order valence-electron chi connectivity index (χ3n) is 6.15. The molecule has 4 aliphatic rings. The topological polar surface area (TPSA) is 72.7 Å². The van der Waals surface area contributed by atoms with Crippen LogP contribution in [-0.2, 0) is 10.3 Å². The minimum absolute atomic E-state index is 0.0661. The van der Waals surface area contributed by atoms with E-state index in [0.717, 1.165) is 17.8 Å². The normalized spacial score (nSPS) is 35.0. The summed E-state index contributed by atoms with van der Waals surface area (Å²) in [7, 11) is 0. The van der Waals surface area contributed by atoms with Gasteiger partial charge in [-0.25, -0.2) is 4.68 Å². The van der Waals surface area contributed by atoms with Gasteiger partial charge in [0.05, 0.1) is 10.8 Å². The summed E-state index contributed by atoms with van der Waals surface area (Å²) < 4.78 is 1.80. The summed E-state index contributed by atoms with van der Waals surface area (Å²) in [6, 6.07) is 0. The zero-order valence-electron chi connectivity index (χ0n) is 15.7. The number of tetrazole rings is 1. The third-order valence-corrected chi connectivity index (χ3v) is 7.19. The molecule has 7 heteroatoms. The molecule has 0 aliphatic heterocycles. The maximum Gasteiger partial charge on any atom is 0.233 e. The van der Waals surface area contributed by atoms with Crippen molar-refractivity contribution in [2.75, 3.05) is 0 Å². The Kier molecular flexibility index (Phi) is 4.13. The van der Waals surface area contributed by atoms with Gasteiger partial charge in [-0.2, -0.15) is 0 Å². The number of hydrogen-bond acceptors (Lipinski definition) is 5. The number of carbonyl (C=O) groups is 1. The summed E-state index contributed by atoms with van der Waals surface area (Å²) in [6.07, 6.45) is 7.71. The van der Waals surface area contributed by atoms with E-state index in [1.807, 2.05) is 6.92 Å². The highest BCUT2D eigenvalue weighted by molar-refractivity contribution is 8.00. The van der Waals surface area contributed by atoms with Crippen molar-refractivity contribution in [3.63, 3.8) is 0 Å². The van der Waals surface area contributed by atoms with Crippen LogP contribution >= 0.6 is 11.8 Å². The first-order chi connectivity index (χ1) is 11.7. The van der Waals surface area contributed by atoms with Gasteiger partial charge in [0, 0.05) is 5.54 Å². The molecule has 6 nitrogen and oxygen atoms in total. The quantitative estimate of drug-likeness (QED) is 0.833. The van der Waals surface area contributed by atoms with Crippen molar-refractivity contribution in [1.82, 2.24) is 25.5 Å². The average molecular weight is 364 g/mol. The molecule has 0 saturated heterocycles. The predicted octanol–water partition coefficient (Wildman–Crippen LogP) is 2.99. The van der Waals surface area contributed by atoms with Gasteiger partial charge in [-0.1, -0.05) is 11.8 Å². The smallest absolute Gasteiger partial charge is 0.233 e. The molecule has 4 bridgehead atoms. The fourth-order valence-electron chi connectivity index (χ4n) is 5.51. The number of nitrogens with one attached hydrogen (secondary N) is 1. The van der Waals surface area contributed by atoms with Crippen LogP contribution in [0.5, 0.6) is 0 Å². The largest absolute Gasteiger partial charge is 0.350 e. The number of thioether (sulfide) groups is 1. The highest BCUT2D eigenvalue weighted by Crippen LogP contribution is 2.55. The molecule has 0 spiro atoms. The van der Waals surface area contributed by atoms with Gasteiger partial charge in [0.15, 0.2) is 0 Å². The number of nitrogens with zero attached hydrogens (tertiary/aromatic N) is 4. The predicted molar refractivity (Wildman–Crippen MR) is 97.2 cm³/mol. The summed E-state index contributed by atoms with van der Waals surface area (Å²) in [5, 5.41) is 16.0. The van der Waals surface area contributed by atoms with Crippen LogP contribution in [0.4, 0.5) is 0 Å². The van der Waals surface area contributed by atoms with Gasteiger partial charge in [0.2, 0.25) is 11.1 Å². The number of carbonyl (C=O) groups excluding carboxylic acids is 1. The molecule has 0 radical (unpaired) electrons. The molecule has 1 amide bonds. The van der Waals surface area contributed by atoms with Crippen molar-refractivity contribution in [3.8, 4) is 0 Å². The summed E-state index contributed by atoms with van der Waals surface area (Å²) in [5.74, 6) is 2.64. The summed E-state index contributed by atoms with van der Waals surface area (Å²) >= 11 is 1.46. The van der Waals surface area contributed by atoms with Crippen LogP contribution in [-0.4, -0.2) is 36.9 Å². The van der Waals surface area contributed by atoms with E-state index in [4.69, 9.17) is 0 Å². The maximum absolute atomic E-state index is 12.9. The summed E-state index contributed by atoms with van der Waals surface area (Å²) in [4.78, 5) is 12.9. The molecule has 1 unspecified atom stereocenters. The van der Waals surface area contributed by atoms with Gasteiger partial charge in [0.1, 0.15) is 0 Å². The fourth-order valence-corrected chi connectivity index (χ4v) is 6.49. The van der Waals surface area contributed by atoms with E-state index < -0.39 is 0 Å². The number of hydrogen-bond donors (Lipinski definition) is 1. The molecular weight excluding hydrogens is 334 g/mol. The monoisotopic (exact) mass is 363 g/mol. The summed E-state index contributed by atoms with van der Waals surface area (Å²) in [6.45, 7) is 8.15. The minimum Gasteiger partial charge on any atom is -0.350 e. The lowest BCUT2D eigenvalue weighted by atomic mass is 9.53. The van der Waals surface area contributed by atoms with Gasteiger partial charge in [0.25, 0.3) is 0 Å². The molecule has 1 heterocycles. The van der Waals surface area contributed by atoms with E-state index >= 15 is 0 Å². The van der Waals surface area contributed by atoms with Crippen LogP contribution in [0.3, 0.4) is 0 Å². The van der Waals surface area contributed by atoms with Crippen molar-refractivity contribution >= 4 is 17.7 Å². The second kappa shape index (κ2) is 5.96. The Hall–Kier alpha value is -1.11. The molecular formula is C18H29N5OS. The maximum atomic E-state index is 12.9. The molecule has 1 atom stereocenters. The van der Waals surface area contributed by atoms with Crippen molar-refractivity contribution in [2.24, 2.45) is 17.8 Å². The first-order valence-electron chi connectivity index (χ1n) is 9.52. The Morgan fingerprint density at radius 1 is 1.20 bits per heavy atom. The number of rotatable bonds is 4. The molecule has 25 heavy (non-hydrogen) atoms. The fraction of sp³-hybridized carbons (Fsp3) is 0.889. The van der Waals surface area contributed by atoms with Gasteiger partial charge in [-0.15, -0.1) is 5.10 Å². The molecule has 4 saturated carbocycles. The second-order valence-corrected chi connectivity index (χ2v) is 10.8. The van der Waals surface area contributed by atoms with Crippen molar-refractivity contribution < 1.29 is 4.79 Å². The number of aromatic nitrogens is 4. The highest BCUT2D eigenvalue weighted by atomic mass is 32.2. The van der Waals surface area contributed by atoms with E-state index in [1.165, 1.54) is 50.3 Å². The number of amides is 1. The SMILES string of the molecule is CC(Sc1nnnn1C(C)(C)C)C(=O)NC12CC3CC(CC(C3)C1)C2. The van der Waals surface area contributed by atoms with Crippen molar-refractivity contribution in [1.29, 1.82) is 0 Å². The Morgan fingerprint density at radius 3 is 2.28 bits per heavy atom. The molecule has 1 aromatic rings. The standard InChI is InChI=1S/C18H29N5OS/c1-11(25-16-20-21-22-23(16)17(2,3)4)15(24)19-18-8-12-5-13(9-18)7-14(6-12)10-18/h11-14H,5-10H2,1-4H3,(H,19,24). The Morgan fingerprint density at radius 2 is 1.76 bits per heavy atom. The first-order valence-corrected chi connectivity index (χ1v) is 10.4. The van der Waals surface area contributed by atoms with Crippen LogP contribution in [0, 0.1) is 17.8 Å². The lowest BCUT2D eigenvalue weighted by molar-refractivity contribution is -0.126. The Balaban J connectivity index is 1.43. The average Bonchev–Trinajstić information content (AvgIpc) is 2.93. The minimum atomic E-state index is -0.194. The van der Waals surface area contributed by atoms with E-state index in [0.29, 0.717) is 5.16 Å². The lowest BCUT2D eigenvalue weighted by Crippen LogP contribution is -2.60. The zero-order chi connectivity index (χ0) is 17.8. The van der Waals surface area contributed by atoms with Crippen LogP contribution in [0.1, 0.15) is 66.2 Å². The van der Waals surface area contributed by atoms with E-state index in [2.05, 4.69) is 41.6 Å². The van der Waals surface area contributed by atoms with Gasteiger partial charge in [-0.05, 0) is 94.4 Å². The molecule has 138 valence electrons. The van der Waals surface area contributed by atoms with Gasteiger partial charge in [-0.3, -0.25) is 4.79 Å². The molecule has 5 rings (SSSR count). The van der Waals surface area contributed by atoms with Crippen LogP contribution < -0.4 is 5.32 Å². The zero-order valence-corrected chi connectivity index (χ0v) is 16.5. The Labute approximate surface area is 153 Å². The molecule has 1 N–H and O–H groups in total. The van der Waals surface area contributed by atoms with Gasteiger partial charge < -0.3 is 5.32 Å². The first kappa shape index (κ1) is 17.3. The van der Waals surface area contributed by atoms with Crippen LogP contribution in [0.15, 0.2) is 5.16 Å².